The Kier molecular flexibility index (Phi) is 5.05. The average molecular weight is 283 g/mol. The van der Waals surface area contributed by atoms with Crippen molar-refractivity contribution in [3.05, 3.63) is 40.9 Å². The van der Waals surface area contributed by atoms with Crippen LogP contribution in [0.3, 0.4) is 0 Å². The Morgan fingerprint density at radius 2 is 2.31 bits per heavy atom. The van der Waals surface area contributed by atoms with Crippen molar-refractivity contribution in [1.82, 2.24) is 5.32 Å². The van der Waals surface area contributed by atoms with Crippen molar-refractivity contribution in [2.24, 2.45) is 0 Å². The number of hydrogen-bond acceptors (Lipinski definition) is 2. The lowest BCUT2D eigenvalue weighted by Crippen LogP contribution is -2.29. The Balaban J connectivity index is 2.45. The van der Waals surface area contributed by atoms with Gasteiger partial charge in [-0.05, 0) is 30.7 Å². The van der Waals surface area contributed by atoms with Crippen LogP contribution in [0.4, 0.5) is 5.69 Å². The molecule has 4 heteroatoms. The summed E-state index contributed by atoms with van der Waals surface area (Å²) in [5, 5.41) is 5.75. The molecule has 0 aliphatic carbocycles. The molecule has 0 saturated carbocycles. The molecule has 1 rings (SSSR count). The van der Waals surface area contributed by atoms with E-state index in [0.29, 0.717) is 6.54 Å². The lowest BCUT2D eigenvalue weighted by molar-refractivity contribution is -0.119. The zero-order valence-electron chi connectivity index (χ0n) is 9.22. The van der Waals surface area contributed by atoms with Crippen LogP contribution in [0.25, 0.3) is 0 Å². The normalized spacial score (nSPS) is 9.62. The van der Waals surface area contributed by atoms with Crippen LogP contribution in [-0.2, 0) is 4.79 Å². The van der Waals surface area contributed by atoms with Gasteiger partial charge in [-0.2, -0.15) is 0 Å². The summed E-state index contributed by atoms with van der Waals surface area (Å²) >= 11 is 3.43. The molecule has 0 fully saturated rings. The number of aryl methyl sites for hydroxylation is 1. The van der Waals surface area contributed by atoms with Crippen molar-refractivity contribution in [3.63, 3.8) is 0 Å². The molecule has 0 aliphatic rings. The van der Waals surface area contributed by atoms with E-state index in [1.54, 1.807) is 6.08 Å². The molecule has 0 bridgehead atoms. The van der Waals surface area contributed by atoms with Crippen molar-refractivity contribution < 1.29 is 4.79 Å². The zero-order chi connectivity index (χ0) is 12.0. The Morgan fingerprint density at radius 3 is 2.94 bits per heavy atom. The van der Waals surface area contributed by atoms with Gasteiger partial charge in [-0.15, -0.1) is 6.58 Å². The molecular formula is C12H15BrN2O. The second-order valence-electron chi connectivity index (χ2n) is 3.41. The molecule has 0 spiro atoms. The first-order valence-electron chi connectivity index (χ1n) is 5.01. The van der Waals surface area contributed by atoms with Crippen LogP contribution in [0.1, 0.15) is 5.56 Å². The highest BCUT2D eigenvalue weighted by Crippen LogP contribution is 2.19. The second-order valence-corrected chi connectivity index (χ2v) is 4.26. The minimum atomic E-state index is -0.0412. The number of carbonyl (C=O) groups is 1. The van der Waals surface area contributed by atoms with E-state index in [9.17, 15) is 4.79 Å². The molecule has 3 nitrogen and oxygen atoms in total. The number of hydrogen-bond donors (Lipinski definition) is 2. The highest BCUT2D eigenvalue weighted by atomic mass is 79.9. The minimum absolute atomic E-state index is 0.0412. The highest BCUT2D eigenvalue weighted by Gasteiger charge is 2.00. The molecule has 0 unspecified atom stereocenters. The monoisotopic (exact) mass is 282 g/mol. The maximum atomic E-state index is 11.3. The Morgan fingerprint density at radius 1 is 1.56 bits per heavy atom. The van der Waals surface area contributed by atoms with Crippen molar-refractivity contribution in [3.8, 4) is 0 Å². The third-order valence-electron chi connectivity index (χ3n) is 2.05. The number of halogens is 1. The molecule has 1 amide bonds. The van der Waals surface area contributed by atoms with Crippen LogP contribution in [0.2, 0.25) is 0 Å². The number of rotatable bonds is 5. The van der Waals surface area contributed by atoms with Crippen LogP contribution in [0.15, 0.2) is 35.3 Å². The standard InChI is InChI=1S/C12H15BrN2O/c1-3-6-14-12(16)8-15-10-4-5-11(13)9(2)7-10/h3-5,7,15H,1,6,8H2,2H3,(H,14,16). The minimum Gasteiger partial charge on any atom is -0.376 e. The van der Waals surface area contributed by atoms with Gasteiger partial charge in [0.2, 0.25) is 5.91 Å². The first kappa shape index (κ1) is 12.8. The van der Waals surface area contributed by atoms with E-state index >= 15 is 0 Å². The number of carbonyl (C=O) groups excluding carboxylic acids is 1. The molecular weight excluding hydrogens is 268 g/mol. The van der Waals surface area contributed by atoms with Crippen molar-refractivity contribution in [1.29, 1.82) is 0 Å². The van der Waals surface area contributed by atoms with E-state index in [1.165, 1.54) is 0 Å². The van der Waals surface area contributed by atoms with Gasteiger partial charge in [0.05, 0.1) is 6.54 Å². The average Bonchev–Trinajstić information content (AvgIpc) is 2.28. The number of anilines is 1. The molecule has 0 saturated heterocycles. The fraction of sp³-hybridized carbons (Fsp3) is 0.250. The van der Waals surface area contributed by atoms with Gasteiger partial charge in [0.15, 0.2) is 0 Å². The predicted octanol–water partition coefficient (Wildman–Crippen LogP) is 2.47. The van der Waals surface area contributed by atoms with Gasteiger partial charge in [-0.25, -0.2) is 0 Å². The van der Waals surface area contributed by atoms with E-state index < -0.39 is 0 Å². The maximum absolute atomic E-state index is 11.3. The van der Waals surface area contributed by atoms with Gasteiger partial charge in [-0.1, -0.05) is 22.0 Å². The van der Waals surface area contributed by atoms with Crippen LogP contribution in [0.5, 0.6) is 0 Å². The molecule has 86 valence electrons. The van der Waals surface area contributed by atoms with Gasteiger partial charge < -0.3 is 10.6 Å². The number of benzene rings is 1. The molecule has 0 heterocycles. The molecule has 1 aromatic rings. The molecule has 1 aromatic carbocycles. The first-order valence-corrected chi connectivity index (χ1v) is 5.80. The lowest BCUT2D eigenvalue weighted by atomic mass is 10.2. The summed E-state index contributed by atoms with van der Waals surface area (Å²) in [5.41, 5.74) is 2.07. The molecule has 2 N–H and O–H groups in total. The quantitative estimate of drug-likeness (QED) is 0.815. The summed E-state index contributed by atoms with van der Waals surface area (Å²) in [6, 6.07) is 5.88. The SMILES string of the molecule is C=CCNC(=O)CNc1ccc(Br)c(C)c1. The Labute approximate surface area is 104 Å². The van der Waals surface area contributed by atoms with Crippen LogP contribution < -0.4 is 10.6 Å². The van der Waals surface area contributed by atoms with Gasteiger partial charge in [0.25, 0.3) is 0 Å². The van der Waals surface area contributed by atoms with E-state index in [2.05, 4.69) is 33.1 Å². The fourth-order valence-electron chi connectivity index (χ4n) is 1.19. The third-order valence-corrected chi connectivity index (χ3v) is 2.94. The maximum Gasteiger partial charge on any atom is 0.239 e. The lowest BCUT2D eigenvalue weighted by Gasteiger charge is -2.08. The van der Waals surface area contributed by atoms with E-state index in [-0.39, 0.29) is 12.5 Å². The second kappa shape index (κ2) is 6.33. The first-order chi connectivity index (χ1) is 7.63. The molecule has 0 aromatic heterocycles. The summed E-state index contributed by atoms with van der Waals surface area (Å²) in [5.74, 6) is -0.0412. The molecule has 0 radical (unpaired) electrons. The molecule has 0 atom stereocenters. The highest BCUT2D eigenvalue weighted by molar-refractivity contribution is 9.10. The fourth-order valence-corrected chi connectivity index (χ4v) is 1.43. The summed E-state index contributed by atoms with van der Waals surface area (Å²) in [6.07, 6.45) is 1.65. The summed E-state index contributed by atoms with van der Waals surface area (Å²) in [4.78, 5) is 11.3. The zero-order valence-corrected chi connectivity index (χ0v) is 10.8. The van der Waals surface area contributed by atoms with Crippen LogP contribution in [-0.4, -0.2) is 19.0 Å². The summed E-state index contributed by atoms with van der Waals surface area (Å²) in [6.45, 7) is 6.31. The molecule has 0 aliphatic heterocycles. The third kappa shape index (κ3) is 4.06. The van der Waals surface area contributed by atoms with E-state index in [4.69, 9.17) is 0 Å². The summed E-state index contributed by atoms with van der Waals surface area (Å²) < 4.78 is 1.06. The number of nitrogens with one attached hydrogen (secondary N) is 2. The van der Waals surface area contributed by atoms with Crippen LogP contribution in [0, 0.1) is 6.92 Å². The summed E-state index contributed by atoms with van der Waals surface area (Å²) in [7, 11) is 0. The van der Waals surface area contributed by atoms with E-state index in [1.807, 2.05) is 25.1 Å². The Hall–Kier alpha value is -1.29. The smallest absolute Gasteiger partial charge is 0.239 e. The molecule has 16 heavy (non-hydrogen) atoms. The van der Waals surface area contributed by atoms with Crippen molar-refractivity contribution >= 4 is 27.5 Å². The van der Waals surface area contributed by atoms with Crippen molar-refractivity contribution in [2.75, 3.05) is 18.4 Å². The van der Waals surface area contributed by atoms with Gasteiger partial charge >= 0.3 is 0 Å². The largest absolute Gasteiger partial charge is 0.376 e. The predicted molar refractivity (Wildman–Crippen MR) is 70.6 cm³/mol. The topological polar surface area (TPSA) is 41.1 Å². The van der Waals surface area contributed by atoms with Gasteiger partial charge in [-0.3, -0.25) is 4.79 Å². The van der Waals surface area contributed by atoms with Gasteiger partial charge in [0, 0.05) is 16.7 Å². The Bertz CT molecular complexity index is 391. The van der Waals surface area contributed by atoms with E-state index in [0.717, 1.165) is 15.7 Å². The van der Waals surface area contributed by atoms with Gasteiger partial charge in [0.1, 0.15) is 0 Å². The van der Waals surface area contributed by atoms with Crippen molar-refractivity contribution in [2.45, 2.75) is 6.92 Å². The number of amides is 1. The van der Waals surface area contributed by atoms with Crippen LogP contribution >= 0.6 is 15.9 Å².